The first-order valence-electron chi connectivity index (χ1n) is 16.9. The van der Waals surface area contributed by atoms with Gasteiger partial charge in [0.2, 0.25) is 6.29 Å². The molecule has 2 aliphatic heterocycles. The molecule has 4 aliphatic carbocycles. The summed E-state index contributed by atoms with van der Waals surface area (Å²) in [6.07, 6.45) is -5.09. The second-order valence-electron chi connectivity index (χ2n) is 15.7. The van der Waals surface area contributed by atoms with Crippen LogP contribution in [0, 0.1) is 39.4 Å². The van der Waals surface area contributed by atoms with Gasteiger partial charge in [0.25, 0.3) is 0 Å². The van der Waals surface area contributed by atoms with E-state index in [1.54, 1.807) is 33.1 Å². The van der Waals surface area contributed by atoms with Gasteiger partial charge in [-0.3, -0.25) is 19.2 Å². The minimum atomic E-state index is -1.66. The van der Waals surface area contributed by atoms with E-state index in [4.69, 9.17) is 28.1 Å². The van der Waals surface area contributed by atoms with Gasteiger partial charge < -0.3 is 43.4 Å². The third kappa shape index (κ3) is 3.74. The Morgan fingerprint density at radius 1 is 1.02 bits per heavy atom. The van der Waals surface area contributed by atoms with E-state index >= 15 is 4.79 Å². The standard InChI is InChI=1S/C35H46O13/c1-8-15(2)29(42)47-30-31(5)20-12-21(38)33(7)25(34(20,14-44-30)27(41)24(45-16(3)36)28(31)46-17(4)37)23(39)26(40)32(6)19(18-9-10-43-13-18)11-22-35(32,33)48-22/h9-10,13,15,19-22,24-28,30,38,40-41H,8,11-12,14H2,1-7H3/t15-,19-,20-,21+,22+,24+,25?,26-,27-,28+,30+,31-,32-,33-,34-,35-/m0/s1. The summed E-state index contributed by atoms with van der Waals surface area (Å²) in [5, 5.41) is 37.2. The smallest absolute Gasteiger partial charge is 0.310 e. The molecule has 3 N–H and O–H groups in total. The van der Waals surface area contributed by atoms with E-state index in [0.29, 0.717) is 12.8 Å². The Hall–Kier alpha value is -2.84. The molecule has 6 fully saturated rings. The van der Waals surface area contributed by atoms with E-state index < -0.39 is 112 Å². The first-order chi connectivity index (χ1) is 22.5. The van der Waals surface area contributed by atoms with Gasteiger partial charge >= 0.3 is 17.9 Å². The van der Waals surface area contributed by atoms with E-state index in [9.17, 15) is 29.7 Å². The molecular weight excluding hydrogens is 628 g/mol. The molecule has 264 valence electrons. The Kier molecular flexibility index (Phi) is 7.42. The monoisotopic (exact) mass is 674 g/mol. The predicted molar refractivity (Wildman–Crippen MR) is 161 cm³/mol. The van der Waals surface area contributed by atoms with Crippen LogP contribution in [0.4, 0.5) is 0 Å². The summed E-state index contributed by atoms with van der Waals surface area (Å²) in [6, 6.07) is 1.80. The summed E-state index contributed by atoms with van der Waals surface area (Å²) in [5.41, 5.74) is -6.04. The lowest BCUT2D eigenvalue weighted by atomic mass is 9.33. The van der Waals surface area contributed by atoms with Crippen LogP contribution in [0.25, 0.3) is 0 Å². The Balaban J connectivity index is 1.42. The molecule has 0 aromatic carbocycles. The van der Waals surface area contributed by atoms with Gasteiger partial charge in [-0.15, -0.1) is 0 Å². The molecule has 7 rings (SSSR count). The lowest BCUT2D eigenvalue weighted by molar-refractivity contribution is -0.391. The van der Waals surface area contributed by atoms with Crippen LogP contribution in [0.2, 0.25) is 0 Å². The number of epoxide rings is 1. The van der Waals surface area contributed by atoms with Gasteiger partial charge in [-0.1, -0.05) is 27.7 Å². The number of hydrogen-bond acceptors (Lipinski definition) is 13. The maximum absolute atomic E-state index is 15.0. The van der Waals surface area contributed by atoms with Crippen molar-refractivity contribution < 1.29 is 62.6 Å². The second kappa shape index (κ2) is 10.6. The van der Waals surface area contributed by atoms with Gasteiger partial charge in [0.05, 0.1) is 42.7 Å². The number of aliphatic hydroxyl groups is 3. The minimum absolute atomic E-state index is 0.0283. The molecule has 1 aromatic heterocycles. The molecule has 2 bridgehead atoms. The van der Waals surface area contributed by atoms with Gasteiger partial charge in [0, 0.05) is 41.9 Å². The van der Waals surface area contributed by atoms with Crippen LogP contribution in [0.15, 0.2) is 23.0 Å². The van der Waals surface area contributed by atoms with Gasteiger partial charge in [-0.25, -0.2) is 0 Å². The van der Waals surface area contributed by atoms with E-state index in [1.165, 1.54) is 13.2 Å². The summed E-state index contributed by atoms with van der Waals surface area (Å²) in [6.45, 7) is 10.8. The zero-order valence-electron chi connectivity index (χ0n) is 28.3. The van der Waals surface area contributed by atoms with Crippen LogP contribution in [0.1, 0.15) is 79.2 Å². The first-order valence-corrected chi connectivity index (χ1v) is 16.9. The topological polar surface area (TPSA) is 192 Å². The van der Waals surface area contributed by atoms with Gasteiger partial charge in [-0.2, -0.15) is 0 Å². The molecule has 1 aromatic rings. The fraction of sp³-hybridized carbons (Fsp3) is 0.771. The van der Waals surface area contributed by atoms with E-state index in [2.05, 4.69) is 0 Å². The fourth-order valence-corrected chi connectivity index (χ4v) is 11.6. The van der Waals surface area contributed by atoms with Crippen molar-refractivity contribution in [2.24, 2.45) is 39.4 Å². The number of ketones is 1. The van der Waals surface area contributed by atoms with Crippen molar-refractivity contribution in [3.63, 3.8) is 0 Å². The third-order valence-corrected chi connectivity index (χ3v) is 13.9. The minimum Gasteiger partial charge on any atom is -0.472 e. The summed E-state index contributed by atoms with van der Waals surface area (Å²) in [5.74, 6) is -5.68. The number of aliphatic hydroxyl groups excluding tert-OH is 3. The molecule has 4 saturated carbocycles. The number of carbonyl (C=O) groups is 4. The zero-order valence-corrected chi connectivity index (χ0v) is 28.3. The van der Waals surface area contributed by atoms with E-state index in [0.717, 1.165) is 12.5 Å². The lowest BCUT2D eigenvalue weighted by Gasteiger charge is -2.73. The summed E-state index contributed by atoms with van der Waals surface area (Å²) in [7, 11) is 0. The van der Waals surface area contributed by atoms with Crippen LogP contribution in [-0.2, 0) is 42.9 Å². The van der Waals surface area contributed by atoms with Crippen molar-refractivity contribution in [1.29, 1.82) is 0 Å². The highest BCUT2D eigenvalue weighted by Crippen LogP contribution is 2.82. The van der Waals surface area contributed by atoms with Gasteiger partial charge in [0.15, 0.2) is 18.0 Å². The van der Waals surface area contributed by atoms with Crippen LogP contribution in [-0.4, -0.2) is 94.1 Å². The van der Waals surface area contributed by atoms with Gasteiger partial charge in [0.1, 0.15) is 17.8 Å². The largest absolute Gasteiger partial charge is 0.472 e. The number of hydrogen-bond donors (Lipinski definition) is 3. The molecule has 2 saturated heterocycles. The number of furan rings is 1. The van der Waals surface area contributed by atoms with Crippen LogP contribution < -0.4 is 0 Å². The Labute approximate surface area is 278 Å². The normalized spacial score (nSPS) is 50.6. The molecule has 13 nitrogen and oxygen atoms in total. The summed E-state index contributed by atoms with van der Waals surface area (Å²) in [4.78, 5) is 53.5. The number of ether oxygens (including phenoxy) is 5. The first kappa shape index (κ1) is 33.6. The van der Waals surface area contributed by atoms with Crippen molar-refractivity contribution >= 4 is 23.7 Å². The number of fused-ring (bicyclic) bond motifs is 1. The summed E-state index contributed by atoms with van der Waals surface area (Å²) < 4.78 is 35.9. The molecule has 0 amide bonds. The average molecular weight is 675 g/mol. The van der Waals surface area contributed by atoms with Crippen molar-refractivity contribution in [2.45, 2.75) is 122 Å². The maximum atomic E-state index is 15.0. The molecule has 1 spiro atoms. The fourth-order valence-electron chi connectivity index (χ4n) is 11.6. The van der Waals surface area contributed by atoms with E-state index in [-0.39, 0.29) is 18.9 Å². The molecule has 1 unspecified atom stereocenters. The highest BCUT2D eigenvalue weighted by Gasteiger charge is 2.92. The quantitative estimate of drug-likeness (QED) is 0.226. The predicted octanol–water partition coefficient (Wildman–Crippen LogP) is 2.03. The Morgan fingerprint density at radius 2 is 1.71 bits per heavy atom. The van der Waals surface area contributed by atoms with Crippen molar-refractivity contribution in [3.05, 3.63) is 24.2 Å². The molecule has 0 radical (unpaired) electrons. The highest BCUT2D eigenvalue weighted by atomic mass is 16.7. The van der Waals surface area contributed by atoms with Crippen molar-refractivity contribution in [3.8, 4) is 0 Å². The summed E-state index contributed by atoms with van der Waals surface area (Å²) >= 11 is 0. The van der Waals surface area contributed by atoms with Crippen molar-refractivity contribution in [2.75, 3.05) is 6.61 Å². The molecule has 48 heavy (non-hydrogen) atoms. The molecule has 6 aliphatic rings. The Bertz CT molecular complexity index is 1530. The zero-order chi connectivity index (χ0) is 34.9. The third-order valence-electron chi connectivity index (χ3n) is 13.9. The second-order valence-corrected chi connectivity index (χ2v) is 15.7. The molecule has 16 atom stereocenters. The Morgan fingerprint density at radius 3 is 2.31 bits per heavy atom. The molecular formula is C35H46O13. The molecule has 13 heteroatoms. The number of carbonyl (C=O) groups excluding carboxylic acids is 4. The lowest BCUT2D eigenvalue weighted by Crippen LogP contribution is -2.84. The number of esters is 3. The number of Topliss-reactive ketones (excluding diaryl/α,β-unsaturated/α-hetero) is 1. The number of rotatable bonds is 6. The van der Waals surface area contributed by atoms with E-state index in [1.807, 2.05) is 13.8 Å². The van der Waals surface area contributed by atoms with Crippen LogP contribution in [0.3, 0.4) is 0 Å². The highest BCUT2D eigenvalue weighted by molar-refractivity contribution is 5.91. The van der Waals surface area contributed by atoms with Crippen LogP contribution in [0.5, 0.6) is 0 Å². The van der Waals surface area contributed by atoms with Crippen molar-refractivity contribution in [1.82, 2.24) is 0 Å². The average Bonchev–Trinajstić information content (AvgIpc) is 3.39. The maximum Gasteiger partial charge on any atom is 0.310 e. The van der Waals surface area contributed by atoms with Gasteiger partial charge in [-0.05, 0) is 43.7 Å². The van der Waals surface area contributed by atoms with Crippen LogP contribution >= 0.6 is 0 Å². The SMILES string of the molecule is CC[C@H](C)C(=O)O[C@H]1OC[C@@]23C4C(=O)[C@H](O)[C@]5(C)[C@H](c6ccoc6)C[C@H]6O[C@@]65[C@@]4(C)[C@H](O)C[C@H]2[C@@]1(C)[C@H](OC(C)=O)[C@H](OC(C)=O)[C@@H]3O. The molecule has 3 heterocycles.